The molecular weight excluding hydrogens is 239 g/mol. The Kier molecular flexibility index (Phi) is 3.08. The summed E-state index contributed by atoms with van der Waals surface area (Å²) in [7, 11) is 0. The van der Waals surface area contributed by atoms with Gasteiger partial charge in [-0.05, 0) is 23.4 Å². The number of hydrogen-bond donors (Lipinski definition) is 0. The van der Waals surface area contributed by atoms with Crippen molar-refractivity contribution in [3.63, 3.8) is 0 Å². The SMILES string of the molecule is Fc1cnc(Cl)nc1Sc1cnccn1. The second kappa shape index (κ2) is 4.50. The van der Waals surface area contributed by atoms with Crippen molar-refractivity contribution in [1.29, 1.82) is 0 Å². The first-order valence-electron chi connectivity index (χ1n) is 3.87. The highest BCUT2D eigenvalue weighted by molar-refractivity contribution is 7.99. The lowest BCUT2D eigenvalue weighted by Gasteiger charge is -2.00. The molecule has 0 spiro atoms. The Hall–Kier alpha value is -1.27. The van der Waals surface area contributed by atoms with Crippen LogP contribution in [0.25, 0.3) is 0 Å². The summed E-state index contributed by atoms with van der Waals surface area (Å²) >= 11 is 6.59. The van der Waals surface area contributed by atoms with Gasteiger partial charge in [-0.3, -0.25) is 4.98 Å². The Morgan fingerprint density at radius 3 is 2.80 bits per heavy atom. The second-order valence-corrected chi connectivity index (χ2v) is 3.78. The Morgan fingerprint density at radius 2 is 2.07 bits per heavy atom. The molecule has 0 saturated heterocycles. The van der Waals surface area contributed by atoms with Crippen LogP contribution in [0.4, 0.5) is 4.39 Å². The van der Waals surface area contributed by atoms with E-state index in [1.165, 1.54) is 18.6 Å². The molecule has 0 aliphatic rings. The fourth-order valence-electron chi connectivity index (χ4n) is 0.840. The van der Waals surface area contributed by atoms with E-state index in [0.717, 1.165) is 18.0 Å². The van der Waals surface area contributed by atoms with Crippen molar-refractivity contribution >= 4 is 23.4 Å². The molecule has 0 N–H and O–H groups in total. The van der Waals surface area contributed by atoms with Gasteiger partial charge in [-0.1, -0.05) is 0 Å². The summed E-state index contributed by atoms with van der Waals surface area (Å²) in [5.74, 6) is -0.532. The molecule has 2 rings (SSSR count). The molecule has 0 bridgehead atoms. The highest BCUT2D eigenvalue weighted by Gasteiger charge is 2.08. The van der Waals surface area contributed by atoms with Crippen molar-refractivity contribution in [3.8, 4) is 0 Å². The maximum Gasteiger partial charge on any atom is 0.223 e. The first-order valence-corrected chi connectivity index (χ1v) is 5.07. The van der Waals surface area contributed by atoms with Crippen molar-refractivity contribution in [1.82, 2.24) is 19.9 Å². The highest BCUT2D eigenvalue weighted by Crippen LogP contribution is 2.25. The van der Waals surface area contributed by atoms with Crippen LogP contribution in [0.5, 0.6) is 0 Å². The molecule has 76 valence electrons. The minimum absolute atomic E-state index is 0.00258. The Balaban J connectivity index is 2.28. The van der Waals surface area contributed by atoms with E-state index in [1.807, 2.05) is 0 Å². The molecule has 0 unspecified atom stereocenters. The van der Waals surface area contributed by atoms with Crippen LogP contribution in [0.2, 0.25) is 5.28 Å². The van der Waals surface area contributed by atoms with Gasteiger partial charge in [0.25, 0.3) is 0 Å². The van der Waals surface area contributed by atoms with Crippen molar-refractivity contribution in [2.75, 3.05) is 0 Å². The molecule has 7 heteroatoms. The molecule has 0 radical (unpaired) electrons. The van der Waals surface area contributed by atoms with Gasteiger partial charge in [0, 0.05) is 12.4 Å². The normalized spacial score (nSPS) is 10.3. The van der Waals surface area contributed by atoms with E-state index in [0.29, 0.717) is 5.03 Å². The maximum absolute atomic E-state index is 13.2. The van der Waals surface area contributed by atoms with Crippen LogP contribution >= 0.6 is 23.4 Å². The van der Waals surface area contributed by atoms with Gasteiger partial charge in [-0.15, -0.1) is 0 Å². The number of nitrogens with zero attached hydrogens (tertiary/aromatic N) is 4. The smallest absolute Gasteiger partial charge is 0.223 e. The third kappa shape index (κ3) is 2.60. The molecule has 0 amide bonds. The van der Waals surface area contributed by atoms with Gasteiger partial charge in [-0.2, -0.15) is 0 Å². The van der Waals surface area contributed by atoms with Gasteiger partial charge in [0.05, 0.1) is 12.4 Å². The summed E-state index contributed by atoms with van der Waals surface area (Å²) in [5, 5.41) is 0.685. The van der Waals surface area contributed by atoms with Crippen LogP contribution in [-0.2, 0) is 0 Å². The van der Waals surface area contributed by atoms with Crippen molar-refractivity contribution in [2.45, 2.75) is 10.1 Å². The highest BCUT2D eigenvalue weighted by atomic mass is 35.5. The van der Waals surface area contributed by atoms with Gasteiger partial charge in [0.1, 0.15) is 10.1 Å². The predicted octanol–water partition coefficient (Wildman–Crippen LogP) is 2.21. The average molecular weight is 243 g/mol. The molecule has 4 nitrogen and oxygen atoms in total. The van der Waals surface area contributed by atoms with Crippen LogP contribution in [-0.4, -0.2) is 19.9 Å². The zero-order chi connectivity index (χ0) is 10.7. The quantitative estimate of drug-likeness (QED) is 0.597. The molecule has 2 heterocycles. The molecule has 0 aromatic carbocycles. The van der Waals surface area contributed by atoms with E-state index in [4.69, 9.17) is 11.6 Å². The molecule has 2 aromatic heterocycles. The number of halogens is 2. The van der Waals surface area contributed by atoms with E-state index in [9.17, 15) is 4.39 Å². The van der Waals surface area contributed by atoms with Crippen LogP contribution < -0.4 is 0 Å². The molecule has 2 aromatic rings. The average Bonchev–Trinajstić information content (AvgIpc) is 2.25. The van der Waals surface area contributed by atoms with Crippen LogP contribution in [0, 0.1) is 5.82 Å². The fraction of sp³-hybridized carbons (Fsp3) is 0. The van der Waals surface area contributed by atoms with Gasteiger partial charge >= 0.3 is 0 Å². The lowest BCUT2D eigenvalue weighted by molar-refractivity contribution is 0.578. The first-order chi connectivity index (χ1) is 7.25. The first kappa shape index (κ1) is 10.3. The molecule has 0 aliphatic heterocycles. The van der Waals surface area contributed by atoms with Crippen LogP contribution in [0.15, 0.2) is 34.8 Å². The van der Waals surface area contributed by atoms with Gasteiger partial charge in [0.2, 0.25) is 5.28 Å². The molecule has 0 atom stereocenters. The standard InChI is InChI=1S/C8H4ClFN4S/c9-8-13-3-5(10)7(14-8)15-6-4-11-1-2-12-6/h1-4H. The lowest BCUT2D eigenvalue weighted by Crippen LogP contribution is -1.91. The topological polar surface area (TPSA) is 51.6 Å². The molecule has 15 heavy (non-hydrogen) atoms. The Bertz CT molecular complexity index is 467. The minimum Gasteiger partial charge on any atom is -0.260 e. The zero-order valence-electron chi connectivity index (χ0n) is 7.26. The minimum atomic E-state index is -0.532. The molecule has 0 fully saturated rings. The van der Waals surface area contributed by atoms with Gasteiger partial charge < -0.3 is 0 Å². The van der Waals surface area contributed by atoms with E-state index in [-0.39, 0.29) is 10.3 Å². The molecule has 0 aliphatic carbocycles. The maximum atomic E-state index is 13.2. The van der Waals surface area contributed by atoms with E-state index in [2.05, 4.69) is 19.9 Å². The summed E-state index contributed by atoms with van der Waals surface area (Å²) < 4.78 is 13.2. The lowest BCUT2D eigenvalue weighted by atomic mass is 10.6. The number of hydrogen-bond acceptors (Lipinski definition) is 5. The van der Waals surface area contributed by atoms with Crippen LogP contribution in [0.1, 0.15) is 0 Å². The fourth-order valence-corrected chi connectivity index (χ4v) is 1.73. The monoisotopic (exact) mass is 242 g/mol. The summed E-state index contributed by atoms with van der Waals surface area (Å²) in [6.07, 6.45) is 5.59. The van der Waals surface area contributed by atoms with Crippen LogP contribution in [0.3, 0.4) is 0 Å². The second-order valence-electron chi connectivity index (χ2n) is 2.44. The third-order valence-electron chi connectivity index (χ3n) is 1.42. The number of aromatic nitrogens is 4. The zero-order valence-corrected chi connectivity index (χ0v) is 8.83. The largest absolute Gasteiger partial charge is 0.260 e. The van der Waals surface area contributed by atoms with E-state index in [1.54, 1.807) is 0 Å². The summed E-state index contributed by atoms with van der Waals surface area (Å²) in [6.45, 7) is 0. The summed E-state index contributed by atoms with van der Waals surface area (Å²) in [4.78, 5) is 15.1. The Morgan fingerprint density at radius 1 is 1.20 bits per heavy atom. The van der Waals surface area contributed by atoms with Crippen molar-refractivity contribution < 1.29 is 4.39 Å². The summed E-state index contributed by atoms with van der Waals surface area (Å²) in [6, 6.07) is 0. The van der Waals surface area contributed by atoms with E-state index < -0.39 is 5.82 Å². The van der Waals surface area contributed by atoms with E-state index >= 15 is 0 Å². The number of rotatable bonds is 2. The predicted molar refractivity (Wildman–Crippen MR) is 53.2 cm³/mol. The van der Waals surface area contributed by atoms with Crippen molar-refractivity contribution in [2.24, 2.45) is 0 Å². The van der Waals surface area contributed by atoms with Gasteiger partial charge in [0.15, 0.2) is 5.82 Å². The van der Waals surface area contributed by atoms with Crippen molar-refractivity contribution in [3.05, 3.63) is 35.9 Å². The van der Waals surface area contributed by atoms with Gasteiger partial charge in [-0.25, -0.2) is 19.3 Å². The molecule has 0 saturated carbocycles. The Labute approximate surface area is 94.0 Å². The third-order valence-corrected chi connectivity index (χ3v) is 2.50. The molecular formula is C8H4ClFN4S. The summed E-state index contributed by atoms with van der Waals surface area (Å²) in [5.41, 5.74) is 0.